The Balaban J connectivity index is 1.65. The number of halogens is 2. The van der Waals surface area contributed by atoms with E-state index >= 15 is 0 Å². The van der Waals surface area contributed by atoms with E-state index < -0.39 is 0 Å². The van der Waals surface area contributed by atoms with Gasteiger partial charge in [-0.05, 0) is 31.2 Å². The van der Waals surface area contributed by atoms with Crippen LogP contribution in [0.2, 0.25) is 10.0 Å². The molecule has 0 N–H and O–H groups in total. The number of hydrogen-bond donors (Lipinski definition) is 0. The van der Waals surface area contributed by atoms with Gasteiger partial charge in [0.2, 0.25) is 0 Å². The standard InChI is InChI=1S/C17H16Cl2N2O2S/c1-11-5-6-14(24-11)17(23)21-9-7-20(8-10-21)16(22)12-3-2-4-13(18)15(12)19/h2-6H,7-10H2,1H3. The number of carbonyl (C=O) groups is 2. The van der Waals surface area contributed by atoms with E-state index in [9.17, 15) is 9.59 Å². The lowest BCUT2D eigenvalue weighted by molar-refractivity contribution is 0.0538. The van der Waals surface area contributed by atoms with Crippen LogP contribution >= 0.6 is 34.5 Å². The summed E-state index contributed by atoms with van der Waals surface area (Å²) in [6, 6.07) is 8.83. The van der Waals surface area contributed by atoms with Crippen LogP contribution in [0, 0.1) is 6.92 Å². The molecule has 126 valence electrons. The molecule has 1 aliphatic rings. The van der Waals surface area contributed by atoms with Gasteiger partial charge in [0.1, 0.15) is 0 Å². The molecule has 0 radical (unpaired) electrons. The summed E-state index contributed by atoms with van der Waals surface area (Å²) >= 11 is 13.6. The SMILES string of the molecule is Cc1ccc(C(=O)N2CCN(C(=O)c3cccc(Cl)c3Cl)CC2)s1. The Labute approximate surface area is 154 Å². The Bertz CT molecular complexity index is 783. The van der Waals surface area contributed by atoms with Gasteiger partial charge in [-0.2, -0.15) is 0 Å². The number of aryl methyl sites for hydroxylation is 1. The number of hydrogen-bond acceptors (Lipinski definition) is 3. The highest BCUT2D eigenvalue weighted by Gasteiger charge is 2.27. The van der Waals surface area contributed by atoms with Gasteiger partial charge in [-0.15, -0.1) is 11.3 Å². The number of carbonyl (C=O) groups excluding carboxylic acids is 2. The highest BCUT2D eigenvalue weighted by Crippen LogP contribution is 2.27. The number of nitrogens with zero attached hydrogens (tertiary/aromatic N) is 2. The van der Waals surface area contributed by atoms with Crippen LogP contribution in [0.5, 0.6) is 0 Å². The minimum Gasteiger partial charge on any atom is -0.335 e. The molecule has 0 aliphatic carbocycles. The molecule has 1 aliphatic heterocycles. The maximum Gasteiger partial charge on any atom is 0.264 e. The molecule has 2 amide bonds. The Morgan fingerprint density at radius 1 is 0.958 bits per heavy atom. The van der Waals surface area contributed by atoms with Gasteiger partial charge >= 0.3 is 0 Å². The molecule has 0 bridgehead atoms. The zero-order valence-corrected chi connectivity index (χ0v) is 15.4. The van der Waals surface area contributed by atoms with Crippen molar-refractivity contribution in [1.29, 1.82) is 0 Å². The van der Waals surface area contributed by atoms with Gasteiger partial charge in [-0.3, -0.25) is 9.59 Å². The first-order valence-corrected chi connectivity index (χ1v) is 9.13. The molecule has 0 unspecified atom stereocenters. The number of thiophene rings is 1. The van der Waals surface area contributed by atoms with Crippen LogP contribution in [-0.4, -0.2) is 47.8 Å². The van der Waals surface area contributed by atoms with Crippen molar-refractivity contribution in [3.8, 4) is 0 Å². The van der Waals surface area contributed by atoms with Gasteiger partial charge in [0.25, 0.3) is 11.8 Å². The van der Waals surface area contributed by atoms with Gasteiger partial charge in [0.05, 0.1) is 20.5 Å². The molecule has 1 aromatic carbocycles. The molecule has 24 heavy (non-hydrogen) atoms. The monoisotopic (exact) mass is 382 g/mol. The Kier molecular flexibility index (Phi) is 5.13. The summed E-state index contributed by atoms with van der Waals surface area (Å²) in [6.45, 7) is 3.97. The van der Waals surface area contributed by atoms with E-state index in [1.54, 1.807) is 28.0 Å². The molecule has 4 nitrogen and oxygen atoms in total. The molecule has 1 fully saturated rings. The molecular formula is C17H16Cl2N2O2S. The van der Waals surface area contributed by atoms with Crippen LogP contribution in [0.4, 0.5) is 0 Å². The lowest BCUT2D eigenvalue weighted by Crippen LogP contribution is -2.50. The van der Waals surface area contributed by atoms with Crippen LogP contribution < -0.4 is 0 Å². The van der Waals surface area contributed by atoms with Crippen LogP contribution in [-0.2, 0) is 0 Å². The highest BCUT2D eigenvalue weighted by atomic mass is 35.5. The molecule has 0 atom stereocenters. The average Bonchev–Trinajstić information content (AvgIpc) is 3.03. The molecule has 3 rings (SSSR count). The van der Waals surface area contributed by atoms with Crippen LogP contribution in [0.25, 0.3) is 0 Å². The number of rotatable bonds is 2. The summed E-state index contributed by atoms with van der Waals surface area (Å²) < 4.78 is 0. The van der Waals surface area contributed by atoms with Gasteiger partial charge in [0.15, 0.2) is 0 Å². The topological polar surface area (TPSA) is 40.6 Å². The van der Waals surface area contributed by atoms with Crippen molar-refractivity contribution < 1.29 is 9.59 Å². The van der Waals surface area contributed by atoms with E-state index in [1.165, 1.54) is 11.3 Å². The third-order valence-electron chi connectivity index (χ3n) is 3.99. The second-order valence-electron chi connectivity index (χ2n) is 5.60. The Morgan fingerprint density at radius 2 is 1.58 bits per heavy atom. The van der Waals surface area contributed by atoms with Crippen molar-refractivity contribution in [1.82, 2.24) is 9.80 Å². The number of piperazine rings is 1. The van der Waals surface area contributed by atoms with Crippen LogP contribution in [0.3, 0.4) is 0 Å². The zero-order chi connectivity index (χ0) is 17.3. The van der Waals surface area contributed by atoms with Crippen molar-refractivity contribution in [2.24, 2.45) is 0 Å². The summed E-state index contributed by atoms with van der Waals surface area (Å²) in [7, 11) is 0. The number of amides is 2. The highest BCUT2D eigenvalue weighted by molar-refractivity contribution is 7.13. The molecule has 0 spiro atoms. The minimum absolute atomic E-state index is 0.0287. The van der Waals surface area contributed by atoms with Gasteiger partial charge in [-0.1, -0.05) is 29.3 Å². The van der Waals surface area contributed by atoms with Crippen LogP contribution in [0.1, 0.15) is 24.9 Å². The second kappa shape index (κ2) is 7.13. The van der Waals surface area contributed by atoms with E-state index in [0.717, 1.165) is 9.75 Å². The summed E-state index contributed by atoms with van der Waals surface area (Å²) in [5, 5.41) is 0.640. The van der Waals surface area contributed by atoms with E-state index in [0.29, 0.717) is 36.8 Å². The second-order valence-corrected chi connectivity index (χ2v) is 7.67. The molecule has 7 heteroatoms. The summed E-state index contributed by atoms with van der Waals surface area (Å²) in [5.74, 6) is -0.123. The van der Waals surface area contributed by atoms with Crippen molar-refractivity contribution in [3.63, 3.8) is 0 Å². The Morgan fingerprint density at radius 3 is 2.17 bits per heavy atom. The number of benzene rings is 1. The fourth-order valence-corrected chi connectivity index (χ4v) is 3.87. The quantitative estimate of drug-likeness (QED) is 0.788. The summed E-state index contributed by atoms with van der Waals surface area (Å²) in [6.07, 6.45) is 0. The fraction of sp³-hybridized carbons (Fsp3) is 0.294. The first kappa shape index (κ1) is 17.3. The maximum absolute atomic E-state index is 12.6. The summed E-state index contributed by atoms with van der Waals surface area (Å²) in [5.41, 5.74) is 0.401. The lowest BCUT2D eigenvalue weighted by atomic mass is 10.1. The summed E-state index contributed by atoms with van der Waals surface area (Å²) in [4.78, 5) is 30.4. The third kappa shape index (κ3) is 3.43. The zero-order valence-electron chi connectivity index (χ0n) is 13.1. The van der Waals surface area contributed by atoms with Gasteiger partial charge < -0.3 is 9.80 Å². The van der Waals surface area contributed by atoms with E-state index in [1.807, 2.05) is 19.1 Å². The molecule has 2 heterocycles. The average molecular weight is 383 g/mol. The normalized spacial score (nSPS) is 14.8. The van der Waals surface area contributed by atoms with Gasteiger partial charge in [-0.25, -0.2) is 0 Å². The maximum atomic E-state index is 12.6. The van der Waals surface area contributed by atoms with E-state index in [4.69, 9.17) is 23.2 Å². The first-order valence-electron chi connectivity index (χ1n) is 7.56. The van der Waals surface area contributed by atoms with E-state index in [-0.39, 0.29) is 16.8 Å². The first-order chi connectivity index (χ1) is 11.5. The largest absolute Gasteiger partial charge is 0.335 e. The van der Waals surface area contributed by atoms with Crippen molar-refractivity contribution in [3.05, 3.63) is 55.7 Å². The molecule has 1 saturated heterocycles. The van der Waals surface area contributed by atoms with Crippen molar-refractivity contribution >= 4 is 46.4 Å². The molecular weight excluding hydrogens is 367 g/mol. The smallest absolute Gasteiger partial charge is 0.264 e. The van der Waals surface area contributed by atoms with Gasteiger partial charge in [0, 0.05) is 31.1 Å². The molecule has 2 aromatic rings. The van der Waals surface area contributed by atoms with E-state index in [2.05, 4.69) is 0 Å². The predicted octanol–water partition coefficient (Wildman–Crippen LogP) is 3.96. The fourth-order valence-electron chi connectivity index (χ4n) is 2.66. The van der Waals surface area contributed by atoms with Crippen molar-refractivity contribution in [2.45, 2.75) is 6.92 Å². The third-order valence-corrected chi connectivity index (χ3v) is 5.79. The lowest BCUT2D eigenvalue weighted by Gasteiger charge is -2.34. The van der Waals surface area contributed by atoms with Crippen molar-refractivity contribution in [2.75, 3.05) is 26.2 Å². The van der Waals surface area contributed by atoms with Crippen LogP contribution in [0.15, 0.2) is 30.3 Å². The minimum atomic E-state index is -0.151. The molecule has 1 aromatic heterocycles. The predicted molar refractivity (Wildman–Crippen MR) is 97.3 cm³/mol. The molecule has 0 saturated carbocycles. The Hall–Kier alpha value is -1.56.